The van der Waals surface area contributed by atoms with E-state index in [1.165, 1.54) is 12.0 Å². The van der Waals surface area contributed by atoms with E-state index in [1.807, 2.05) is 6.92 Å². The van der Waals surface area contributed by atoms with Crippen LogP contribution in [0.4, 0.5) is 16.2 Å². The maximum Gasteiger partial charge on any atom is 0.409 e. The highest BCUT2D eigenvalue weighted by atomic mass is 16.5. The van der Waals surface area contributed by atoms with Crippen LogP contribution in [0.2, 0.25) is 0 Å². The highest BCUT2D eigenvalue weighted by Gasteiger charge is 2.43. The molecule has 9 nitrogen and oxygen atoms in total. The molecule has 0 aliphatic carbocycles. The van der Waals surface area contributed by atoms with Crippen molar-refractivity contribution in [2.24, 2.45) is 5.73 Å². The fourth-order valence-corrected chi connectivity index (χ4v) is 3.37. The average Bonchev–Trinajstić information content (AvgIpc) is 3.06. The van der Waals surface area contributed by atoms with Gasteiger partial charge >= 0.3 is 6.09 Å². The lowest BCUT2D eigenvalue weighted by molar-refractivity contribution is -0.125. The smallest absolute Gasteiger partial charge is 0.409 e. The molecule has 0 radical (unpaired) electrons. The Labute approximate surface area is 157 Å². The van der Waals surface area contributed by atoms with Crippen molar-refractivity contribution in [3.8, 4) is 0 Å². The van der Waals surface area contributed by atoms with E-state index in [-0.39, 0.29) is 25.0 Å². The van der Waals surface area contributed by atoms with Crippen molar-refractivity contribution in [1.82, 2.24) is 4.90 Å². The molecule has 2 saturated heterocycles. The SMILES string of the molecule is COC(=O)N1CCC(N)(C(=O)Nc2ccc(N3CCOCC3=O)c(C)c2)C1. The maximum atomic E-state index is 12.6. The fraction of sp³-hybridized carbons (Fsp3) is 0.500. The van der Waals surface area contributed by atoms with Crippen LogP contribution >= 0.6 is 0 Å². The molecule has 0 saturated carbocycles. The number of carbonyl (C=O) groups excluding carboxylic acids is 3. The van der Waals surface area contributed by atoms with Crippen molar-refractivity contribution in [3.63, 3.8) is 0 Å². The van der Waals surface area contributed by atoms with Gasteiger partial charge in [0.25, 0.3) is 5.91 Å². The zero-order chi connectivity index (χ0) is 19.6. The highest BCUT2D eigenvalue weighted by molar-refractivity contribution is 6.00. The molecule has 1 aromatic carbocycles. The molecular formula is C18H24N4O5. The molecule has 1 atom stereocenters. The van der Waals surface area contributed by atoms with Crippen LogP contribution in [0, 0.1) is 6.92 Å². The third-order valence-corrected chi connectivity index (χ3v) is 4.92. The minimum atomic E-state index is -1.17. The van der Waals surface area contributed by atoms with E-state index in [4.69, 9.17) is 10.5 Å². The van der Waals surface area contributed by atoms with E-state index in [9.17, 15) is 14.4 Å². The van der Waals surface area contributed by atoms with E-state index in [2.05, 4.69) is 10.1 Å². The molecule has 0 spiro atoms. The molecule has 2 heterocycles. The minimum absolute atomic E-state index is 0.0737. The van der Waals surface area contributed by atoms with E-state index in [0.29, 0.717) is 31.8 Å². The van der Waals surface area contributed by atoms with Crippen molar-refractivity contribution in [1.29, 1.82) is 0 Å². The monoisotopic (exact) mass is 376 g/mol. The largest absolute Gasteiger partial charge is 0.453 e. The molecule has 3 amide bonds. The molecule has 1 aromatic rings. The number of likely N-dealkylation sites (tertiary alicyclic amines) is 1. The third kappa shape index (κ3) is 3.88. The van der Waals surface area contributed by atoms with E-state index >= 15 is 0 Å². The minimum Gasteiger partial charge on any atom is -0.453 e. The van der Waals surface area contributed by atoms with Gasteiger partial charge in [-0.15, -0.1) is 0 Å². The van der Waals surface area contributed by atoms with Gasteiger partial charge in [-0.05, 0) is 37.1 Å². The second-order valence-corrected chi connectivity index (χ2v) is 6.85. The van der Waals surface area contributed by atoms with Crippen LogP contribution in [-0.4, -0.2) is 68.3 Å². The number of morpholine rings is 1. The number of carbonyl (C=O) groups is 3. The lowest BCUT2D eigenvalue weighted by Gasteiger charge is -2.28. The zero-order valence-electron chi connectivity index (χ0n) is 15.5. The number of amides is 3. The van der Waals surface area contributed by atoms with Crippen LogP contribution < -0.4 is 16.0 Å². The summed E-state index contributed by atoms with van der Waals surface area (Å²) in [5, 5.41) is 2.81. The van der Waals surface area contributed by atoms with Crippen molar-refractivity contribution >= 4 is 29.3 Å². The first kappa shape index (κ1) is 19.1. The number of rotatable bonds is 3. The van der Waals surface area contributed by atoms with Crippen LogP contribution in [0.3, 0.4) is 0 Å². The number of nitrogens with one attached hydrogen (secondary N) is 1. The molecule has 27 heavy (non-hydrogen) atoms. The molecule has 9 heteroatoms. The van der Waals surface area contributed by atoms with Gasteiger partial charge < -0.3 is 30.3 Å². The Morgan fingerprint density at radius 3 is 2.78 bits per heavy atom. The average molecular weight is 376 g/mol. The second kappa shape index (κ2) is 7.53. The van der Waals surface area contributed by atoms with Gasteiger partial charge in [0, 0.05) is 24.5 Å². The molecular weight excluding hydrogens is 352 g/mol. The van der Waals surface area contributed by atoms with Crippen LogP contribution in [0.15, 0.2) is 18.2 Å². The van der Waals surface area contributed by atoms with E-state index < -0.39 is 11.6 Å². The molecule has 0 aromatic heterocycles. The van der Waals surface area contributed by atoms with Gasteiger partial charge in [-0.3, -0.25) is 9.59 Å². The van der Waals surface area contributed by atoms with Crippen LogP contribution in [0.1, 0.15) is 12.0 Å². The summed E-state index contributed by atoms with van der Waals surface area (Å²) in [6.07, 6.45) is -0.140. The van der Waals surface area contributed by atoms with Crippen molar-refractivity contribution in [2.75, 3.05) is 50.2 Å². The predicted molar refractivity (Wildman–Crippen MR) is 98.5 cm³/mol. The lowest BCUT2D eigenvalue weighted by Crippen LogP contribution is -2.53. The van der Waals surface area contributed by atoms with Crippen molar-refractivity contribution in [2.45, 2.75) is 18.9 Å². The second-order valence-electron chi connectivity index (χ2n) is 6.85. The van der Waals surface area contributed by atoms with E-state index in [1.54, 1.807) is 23.1 Å². The molecule has 1 unspecified atom stereocenters. The normalized spacial score (nSPS) is 22.7. The number of anilines is 2. The number of methoxy groups -OCH3 is 1. The van der Waals surface area contributed by atoms with Crippen molar-refractivity contribution < 1.29 is 23.9 Å². The number of hydrogen-bond acceptors (Lipinski definition) is 6. The number of aryl methyl sites for hydroxylation is 1. The number of ether oxygens (including phenoxy) is 2. The summed E-state index contributed by atoms with van der Waals surface area (Å²) in [6.45, 7) is 3.42. The third-order valence-electron chi connectivity index (χ3n) is 4.92. The summed E-state index contributed by atoms with van der Waals surface area (Å²) in [4.78, 5) is 39.4. The Kier molecular flexibility index (Phi) is 5.33. The first-order valence-corrected chi connectivity index (χ1v) is 8.76. The number of nitrogens with two attached hydrogens (primary N) is 1. The first-order chi connectivity index (χ1) is 12.8. The van der Waals surface area contributed by atoms with Gasteiger partial charge in [-0.1, -0.05) is 0 Å². The lowest BCUT2D eigenvalue weighted by atomic mass is 9.99. The Morgan fingerprint density at radius 2 is 2.11 bits per heavy atom. The summed E-state index contributed by atoms with van der Waals surface area (Å²) in [5.74, 6) is -0.445. The van der Waals surface area contributed by atoms with Crippen LogP contribution in [-0.2, 0) is 19.1 Å². The summed E-state index contributed by atoms with van der Waals surface area (Å²) < 4.78 is 9.83. The van der Waals surface area contributed by atoms with Crippen LogP contribution in [0.25, 0.3) is 0 Å². The van der Waals surface area contributed by atoms with Crippen LogP contribution in [0.5, 0.6) is 0 Å². The van der Waals surface area contributed by atoms with Gasteiger partial charge in [0.1, 0.15) is 12.1 Å². The maximum absolute atomic E-state index is 12.6. The van der Waals surface area contributed by atoms with Crippen molar-refractivity contribution in [3.05, 3.63) is 23.8 Å². The molecule has 3 rings (SSSR count). The summed E-state index contributed by atoms with van der Waals surface area (Å²) >= 11 is 0. The standard InChI is InChI=1S/C18H24N4O5/c1-12-9-13(3-4-14(12)22-7-8-27-10-15(22)23)20-16(24)18(19)5-6-21(11-18)17(25)26-2/h3-4,9H,5-8,10-11,19H2,1-2H3,(H,20,24). The number of nitrogens with zero attached hydrogens (tertiary/aromatic N) is 2. The van der Waals surface area contributed by atoms with Gasteiger partial charge in [-0.25, -0.2) is 4.79 Å². The number of hydrogen-bond donors (Lipinski definition) is 2. The highest BCUT2D eigenvalue weighted by Crippen LogP contribution is 2.26. The Morgan fingerprint density at radius 1 is 1.33 bits per heavy atom. The van der Waals surface area contributed by atoms with Gasteiger partial charge in [0.05, 0.1) is 20.3 Å². The molecule has 0 bridgehead atoms. The molecule has 3 N–H and O–H groups in total. The zero-order valence-corrected chi connectivity index (χ0v) is 15.5. The molecule has 2 aliphatic rings. The Balaban J connectivity index is 1.69. The topological polar surface area (TPSA) is 114 Å². The van der Waals surface area contributed by atoms with Gasteiger partial charge in [-0.2, -0.15) is 0 Å². The summed E-state index contributed by atoms with van der Waals surface area (Å²) in [6, 6.07) is 5.33. The molecule has 2 fully saturated rings. The number of benzene rings is 1. The fourth-order valence-electron chi connectivity index (χ4n) is 3.37. The Hall–Kier alpha value is -2.65. The Bertz CT molecular complexity index is 768. The first-order valence-electron chi connectivity index (χ1n) is 8.76. The predicted octanol–water partition coefficient (Wildman–Crippen LogP) is 0.466. The van der Waals surface area contributed by atoms with E-state index in [0.717, 1.165) is 11.3 Å². The van der Waals surface area contributed by atoms with Gasteiger partial charge in [0.2, 0.25) is 5.91 Å². The summed E-state index contributed by atoms with van der Waals surface area (Å²) in [5.41, 5.74) is 7.28. The summed E-state index contributed by atoms with van der Waals surface area (Å²) in [7, 11) is 1.29. The van der Waals surface area contributed by atoms with Gasteiger partial charge in [0.15, 0.2) is 0 Å². The molecule has 146 valence electrons. The quantitative estimate of drug-likeness (QED) is 0.792. The molecule has 2 aliphatic heterocycles.